The summed E-state index contributed by atoms with van der Waals surface area (Å²) in [6, 6.07) is 12.9. The van der Waals surface area contributed by atoms with Crippen LogP contribution >= 0.6 is 22.6 Å². The number of hydrogen-bond donors (Lipinski definition) is 0. The quantitative estimate of drug-likeness (QED) is 0.503. The Morgan fingerprint density at radius 1 is 1.00 bits per heavy atom. The van der Waals surface area contributed by atoms with Crippen molar-refractivity contribution in [1.29, 1.82) is 0 Å². The Balaban J connectivity index is 2.84. The minimum Gasteiger partial charge on any atom is -0.0752 e. The van der Waals surface area contributed by atoms with Gasteiger partial charge < -0.3 is 0 Å². The van der Waals surface area contributed by atoms with E-state index >= 15 is 0 Å². The van der Waals surface area contributed by atoms with Gasteiger partial charge in [-0.05, 0) is 39.4 Å². The molecule has 0 atom stereocenters. The van der Waals surface area contributed by atoms with E-state index in [0.717, 1.165) is 0 Å². The van der Waals surface area contributed by atoms with Crippen molar-refractivity contribution in [2.75, 3.05) is 0 Å². The first-order valence-corrected chi connectivity index (χ1v) is 5.00. The van der Waals surface area contributed by atoms with Gasteiger partial charge in [-0.3, -0.25) is 0 Å². The maximum atomic E-state index is 2.37. The van der Waals surface area contributed by atoms with Crippen LogP contribution in [0.25, 0.3) is 10.8 Å². The van der Waals surface area contributed by atoms with E-state index in [2.05, 4.69) is 66.8 Å². The standard InChI is InChI=1S/C10H8BI/c11-9-5-7-3-1-2-4-8(7)6-10(9)12/h1-6H,11H2. The second-order valence-electron chi connectivity index (χ2n) is 2.95. The highest BCUT2D eigenvalue weighted by atomic mass is 127. The van der Waals surface area contributed by atoms with Gasteiger partial charge >= 0.3 is 0 Å². The summed E-state index contributed by atoms with van der Waals surface area (Å²) in [5, 5.41) is 2.66. The van der Waals surface area contributed by atoms with E-state index in [-0.39, 0.29) is 0 Å². The molecule has 0 amide bonds. The van der Waals surface area contributed by atoms with E-state index in [0.29, 0.717) is 0 Å². The summed E-state index contributed by atoms with van der Waals surface area (Å²) >= 11 is 2.37. The molecule has 2 aromatic rings. The summed E-state index contributed by atoms with van der Waals surface area (Å²) in [5.74, 6) is 0. The lowest BCUT2D eigenvalue weighted by atomic mass is 9.93. The van der Waals surface area contributed by atoms with Gasteiger partial charge in [-0.2, -0.15) is 0 Å². The van der Waals surface area contributed by atoms with E-state index in [1.165, 1.54) is 19.8 Å². The average Bonchev–Trinajstić information content (AvgIpc) is 2.07. The molecule has 0 aliphatic rings. The van der Waals surface area contributed by atoms with E-state index in [1.807, 2.05) is 0 Å². The van der Waals surface area contributed by atoms with Crippen LogP contribution in [0.15, 0.2) is 36.4 Å². The Morgan fingerprint density at radius 2 is 1.58 bits per heavy atom. The van der Waals surface area contributed by atoms with Gasteiger partial charge in [0.25, 0.3) is 0 Å². The number of fused-ring (bicyclic) bond motifs is 1. The maximum absolute atomic E-state index is 2.37. The highest BCUT2D eigenvalue weighted by Crippen LogP contribution is 2.14. The van der Waals surface area contributed by atoms with Gasteiger partial charge in [-0.1, -0.05) is 35.8 Å². The third-order valence-corrected chi connectivity index (χ3v) is 3.19. The van der Waals surface area contributed by atoms with Crippen LogP contribution in [0.3, 0.4) is 0 Å². The normalized spacial score (nSPS) is 10.4. The molecule has 0 aliphatic heterocycles. The van der Waals surface area contributed by atoms with E-state index in [1.54, 1.807) is 0 Å². The fourth-order valence-corrected chi connectivity index (χ4v) is 1.82. The van der Waals surface area contributed by atoms with Crippen molar-refractivity contribution in [3.8, 4) is 0 Å². The van der Waals surface area contributed by atoms with E-state index in [9.17, 15) is 0 Å². The fourth-order valence-electron chi connectivity index (χ4n) is 1.33. The topological polar surface area (TPSA) is 0 Å². The molecular formula is C10H8BI. The third-order valence-electron chi connectivity index (χ3n) is 2.03. The second kappa shape index (κ2) is 3.09. The van der Waals surface area contributed by atoms with Crippen molar-refractivity contribution in [3.05, 3.63) is 40.0 Å². The van der Waals surface area contributed by atoms with Gasteiger partial charge in [0.05, 0.1) is 0 Å². The fraction of sp³-hybridized carbons (Fsp3) is 0. The Bertz CT molecular complexity index is 383. The first kappa shape index (κ1) is 8.11. The molecule has 0 aromatic heterocycles. The predicted molar refractivity (Wildman–Crippen MR) is 64.8 cm³/mol. The highest BCUT2D eigenvalue weighted by molar-refractivity contribution is 14.1. The first-order valence-electron chi connectivity index (χ1n) is 3.92. The number of rotatable bonds is 0. The molecular weight excluding hydrogens is 258 g/mol. The minimum atomic E-state index is 1.33. The smallest absolute Gasteiger partial charge is 0.0752 e. The molecule has 2 rings (SSSR count). The van der Waals surface area contributed by atoms with Gasteiger partial charge in [0, 0.05) is 3.57 Å². The summed E-state index contributed by atoms with van der Waals surface area (Å²) in [5.41, 5.74) is 1.36. The molecule has 2 aromatic carbocycles. The van der Waals surface area contributed by atoms with Crippen LogP contribution < -0.4 is 5.46 Å². The van der Waals surface area contributed by atoms with Crippen LogP contribution in [0.1, 0.15) is 0 Å². The molecule has 12 heavy (non-hydrogen) atoms. The average molecular weight is 266 g/mol. The molecule has 58 valence electrons. The largest absolute Gasteiger partial charge is 0.140 e. The van der Waals surface area contributed by atoms with Crippen molar-refractivity contribution in [1.82, 2.24) is 0 Å². The molecule has 0 saturated carbocycles. The molecule has 0 radical (unpaired) electrons. The van der Waals surface area contributed by atoms with Crippen LogP contribution in [-0.2, 0) is 0 Å². The molecule has 0 saturated heterocycles. The molecule has 0 fully saturated rings. The van der Waals surface area contributed by atoms with Gasteiger partial charge in [-0.25, -0.2) is 0 Å². The van der Waals surface area contributed by atoms with Gasteiger partial charge in [-0.15, -0.1) is 0 Å². The Labute approximate surface area is 86.5 Å². The van der Waals surface area contributed by atoms with Gasteiger partial charge in [0.2, 0.25) is 0 Å². The van der Waals surface area contributed by atoms with Crippen molar-refractivity contribution < 1.29 is 0 Å². The van der Waals surface area contributed by atoms with Crippen LogP contribution in [0.5, 0.6) is 0 Å². The minimum absolute atomic E-state index is 1.33. The number of hydrogen-bond acceptors (Lipinski definition) is 0. The van der Waals surface area contributed by atoms with Crippen LogP contribution in [0.4, 0.5) is 0 Å². The zero-order valence-corrected chi connectivity index (χ0v) is 9.00. The zero-order valence-electron chi connectivity index (χ0n) is 6.84. The van der Waals surface area contributed by atoms with E-state index < -0.39 is 0 Å². The van der Waals surface area contributed by atoms with Gasteiger partial charge in [0.1, 0.15) is 7.85 Å². The Morgan fingerprint density at radius 3 is 2.25 bits per heavy atom. The molecule has 0 heterocycles. The van der Waals surface area contributed by atoms with Crippen molar-refractivity contribution >= 4 is 46.7 Å². The summed E-state index contributed by atoms with van der Waals surface area (Å²) < 4.78 is 1.34. The lowest BCUT2D eigenvalue weighted by Gasteiger charge is -2.01. The Kier molecular flexibility index (Phi) is 2.09. The number of benzene rings is 2. The van der Waals surface area contributed by atoms with Crippen molar-refractivity contribution in [3.63, 3.8) is 0 Å². The van der Waals surface area contributed by atoms with Crippen LogP contribution in [0.2, 0.25) is 0 Å². The molecule has 0 spiro atoms. The third kappa shape index (κ3) is 1.35. The second-order valence-corrected chi connectivity index (χ2v) is 4.11. The molecule has 0 N–H and O–H groups in total. The van der Waals surface area contributed by atoms with E-state index in [4.69, 9.17) is 0 Å². The summed E-state index contributed by atoms with van der Waals surface area (Å²) in [6.07, 6.45) is 0. The SMILES string of the molecule is Bc1cc2ccccc2cc1I. The summed E-state index contributed by atoms with van der Waals surface area (Å²) in [6.45, 7) is 0. The molecule has 0 unspecified atom stereocenters. The lowest BCUT2D eigenvalue weighted by molar-refractivity contribution is 1.75. The zero-order chi connectivity index (χ0) is 8.55. The van der Waals surface area contributed by atoms with Crippen LogP contribution in [0, 0.1) is 3.57 Å². The number of halogens is 1. The summed E-state index contributed by atoms with van der Waals surface area (Å²) in [4.78, 5) is 0. The molecule has 2 heteroatoms. The molecule has 0 aliphatic carbocycles. The lowest BCUT2D eigenvalue weighted by Crippen LogP contribution is -2.05. The first-order chi connectivity index (χ1) is 5.77. The maximum Gasteiger partial charge on any atom is 0.140 e. The monoisotopic (exact) mass is 266 g/mol. The van der Waals surface area contributed by atoms with Crippen molar-refractivity contribution in [2.24, 2.45) is 0 Å². The van der Waals surface area contributed by atoms with Crippen LogP contribution in [-0.4, -0.2) is 7.85 Å². The molecule has 0 nitrogen and oxygen atoms in total. The van der Waals surface area contributed by atoms with Gasteiger partial charge in [0.15, 0.2) is 0 Å². The summed E-state index contributed by atoms with van der Waals surface area (Å²) in [7, 11) is 2.15. The predicted octanol–water partition coefficient (Wildman–Crippen LogP) is 1.70. The van der Waals surface area contributed by atoms with Crippen molar-refractivity contribution in [2.45, 2.75) is 0 Å². The highest BCUT2D eigenvalue weighted by Gasteiger charge is 1.96. The molecule has 0 bridgehead atoms. The Hall–Kier alpha value is -0.505.